The highest BCUT2D eigenvalue weighted by Gasteiger charge is 2.22. The second-order valence-corrected chi connectivity index (χ2v) is 6.12. The molecular formula is C19H31N5O2. The fourth-order valence-electron chi connectivity index (χ4n) is 2.64. The molecule has 0 saturated heterocycles. The summed E-state index contributed by atoms with van der Waals surface area (Å²) in [7, 11) is 4.95. The molecule has 0 aliphatic rings. The number of hydrogen-bond donors (Lipinski definition) is 5. The van der Waals surface area contributed by atoms with Gasteiger partial charge in [-0.2, -0.15) is 0 Å². The fraction of sp³-hybridized carbons (Fsp3) is 0.474. The molecule has 2 amide bonds. The third-order valence-corrected chi connectivity index (χ3v) is 4.24. The van der Waals surface area contributed by atoms with Gasteiger partial charge in [-0.3, -0.25) is 9.59 Å². The predicted octanol–water partition coefficient (Wildman–Crippen LogP) is 0.158. The maximum atomic E-state index is 12.1. The van der Waals surface area contributed by atoms with E-state index in [9.17, 15) is 9.59 Å². The van der Waals surface area contributed by atoms with Crippen molar-refractivity contribution < 1.29 is 9.59 Å². The first-order valence-electron chi connectivity index (χ1n) is 8.81. The molecule has 6 N–H and O–H groups in total. The summed E-state index contributed by atoms with van der Waals surface area (Å²) in [6.07, 6.45) is 1.56. The molecule has 1 rings (SSSR count). The molecular weight excluding hydrogens is 330 g/mol. The number of carbonyl (C=O) groups excluding carboxylic acids is 2. The Hall–Kier alpha value is -2.54. The number of hydrogen-bond acceptors (Lipinski definition) is 5. The van der Waals surface area contributed by atoms with Crippen LogP contribution in [0.1, 0.15) is 24.0 Å². The second-order valence-electron chi connectivity index (χ2n) is 6.12. The minimum absolute atomic E-state index is 0.0448. The molecule has 1 aromatic rings. The lowest BCUT2D eigenvalue weighted by molar-refractivity contribution is -0.121. The van der Waals surface area contributed by atoms with Gasteiger partial charge in [0.2, 0.25) is 5.91 Å². The van der Waals surface area contributed by atoms with Crippen molar-refractivity contribution >= 4 is 11.8 Å². The van der Waals surface area contributed by atoms with Crippen LogP contribution >= 0.6 is 0 Å². The van der Waals surface area contributed by atoms with E-state index >= 15 is 0 Å². The van der Waals surface area contributed by atoms with Gasteiger partial charge in [-0.25, -0.2) is 0 Å². The van der Waals surface area contributed by atoms with E-state index in [0.717, 1.165) is 6.42 Å². The van der Waals surface area contributed by atoms with Gasteiger partial charge in [0.15, 0.2) is 0 Å². The molecule has 0 fully saturated rings. The molecule has 0 aromatic heterocycles. The SMILES string of the molecule is CNC(=O)/C(=C(/N)NC)C(CCC(=O)NCCc1ccc(C)cc1)NC. The molecule has 1 unspecified atom stereocenters. The summed E-state index contributed by atoms with van der Waals surface area (Å²) in [6.45, 7) is 2.63. The zero-order chi connectivity index (χ0) is 19.5. The predicted molar refractivity (Wildman–Crippen MR) is 104 cm³/mol. The Morgan fingerprint density at radius 3 is 2.27 bits per heavy atom. The van der Waals surface area contributed by atoms with E-state index in [4.69, 9.17) is 5.73 Å². The monoisotopic (exact) mass is 361 g/mol. The zero-order valence-corrected chi connectivity index (χ0v) is 16.1. The van der Waals surface area contributed by atoms with E-state index in [1.807, 2.05) is 6.92 Å². The van der Waals surface area contributed by atoms with Crippen molar-refractivity contribution in [3.05, 3.63) is 46.8 Å². The van der Waals surface area contributed by atoms with E-state index in [1.54, 1.807) is 21.1 Å². The van der Waals surface area contributed by atoms with Gasteiger partial charge in [0.1, 0.15) is 5.82 Å². The third kappa shape index (κ3) is 6.76. The Bertz CT molecular complexity index is 625. The number of aryl methyl sites for hydroxylation is 1. The van der Waals surface area contributed by atoms with Gasteiger partial charge in [-0.05, 0) is 32.4 Å². The van der Waals surface area contributed by atoms with Gasteiger partial charge in [-0.1, -0.05) is 29.8 Å². The van der Waals surface area contributed by atoms with Gasteiger partial charge >= 0.3 is 0 Å². The van der Waals surface area contributed by atoms with Crippen LogP contribution in [0.4, 0.5) is 0 Å². The molecule has 0 saturated carbocycles. The van der Waals surface area contributed by atoms with E-state index in [2.05, 4.69) is 45.5 Å². The van der Waals surface area contributed by atoms with Crippen LogP contribution in [0.3, 0.4) is 0 Å². The van der Waals surface area contributed by atoms with Crippen LogP contribution in [0.25, 0.3) is 0 Å². The van der Waals surface area contributed by atoms with Crippen molar-refractivity contribution in [1.82, 2.24) is 21.3 Å². The number of rotatable bonds is 10. The number of benzene rings is 1. The quantitative estimate of drug-likeness (QED) is 0.382. The van der Waals surface area contributed by atoms with Gasteiger partial charge < -0.3 is 27.0 Å². The van der Waals surface area contributed by atoms with Crippen LogP contribution in [-0.2, 0) is 16.0 Å². The van der Waals surface area contributed by atoms with Gasteiger partial charge in [0.05, 0.1) is 5.57 Å². The number of nitrogens with two attached hydrogens (primary N) is 1. The standard InChI is InChI=1S/C19H31N5O2/c1-13-5-7-14(8-6-13)11-12-24-16(25)10-9-15(21-2)17(18(20)22-3)19(26)23-4/h5-8,15,21-22H,9-12,20H2,1-4H3,(H,23,26)(H,24,25)/b18-17-. The average Bonchev–Trinajstić information content (AvgIpc) is 2.65. The van der Waals surface area contributed by atoms with Gasteiger partial charge in [0.25, 0.3) is 5.91 Å². The Morgan fingerprint density at radius 1 is 1.08 bits per heavy atom. The Labute approximate surface area is 155 Å². The molecule has 0 heterocycles. The summed E-state index contributed by atoms with van der Waals surface area (Å²) < 4.78 is 0. The Balaban J connectivity index is 2.52. The van der Waals surface area contributed by atoms with Crippen LogP contribution in [0, 0.1) is 6.92 Å². The highest BCUT2D eigenvalue weighted by molar-refractivity contribution is 5.95. The normalized spacial score (nSPS) is 12.8. The first-order valence-corrected chi connectivity index (χ1v) is 8.81. The van der Waals surface area contributed by atoms with Crippen LogP contribution in [0.15, 0.2) is 35.7 Å². The van der Waals surface area contributed by atoms with Crippen molar-refractivity contribution in [2.24, 2.45) is 5.73 Å². The number of carbonyl (C=O) groups is 2. The van der Waals surface area contributed by atoms with Crippen molar-refractivity contribution in [3.8, 4) is 0 Å². The van der Waals surface area contributed by atoms with Crippen molar-refractivity contribution in [1.29, 1.82) is 0 Å². The number of likely N-dealkylation sites (N-methyl/N-ethyl adjacent to an activating group) is 2. The van der Waals surface area contributed by atoms with Crippen LogP contribution in [0.5, 0.6) is 0 Å². The van der Waals surface area contributed by atoms with Crippen LogP contribution < -0.4 is 27.0 Å². The highest BCUT2D eigenvalue weighted by Crippen LogP contribution is 2.11. The lowest BCUT2D eigenvalue weighted by Gasteiger charge is -2.21. The Kier molecular flexibility index (Phi) is 9.22. The summed E-state index contributed by atoms with van der Waals surface area (Å²) in [6, 6.07) is 7.95. The van der Waals surface area contributed by atoms with E-state index in [-0.39, 0.29) is 17.9 Å². The molecule has 1 atom stereocenters. The maximum Gasteiger partial charge on any atom is 0.252 e. The molecule has 26 heavy (non-hydrogen) atoms. The number of nitrogens with one attached hydrogen (secondary N) is 4. The molecule has 0 radical (unpaired) electrons. The van der Waals surface area contributed by atoms with E-state index in [1.165, 1.54) is 11.1 Å². The summed E-state index contributed by atoms with van der Waals surface area (Å²) in [4.78, 5) is 24.2. The molecule has 144 valence electrons. The minimum atomic E-state index is -0.315. The fourth-order valence-corrected chi connectivity index (χ4v) is 2.64. The smallest absolute Gasteiger partial charge is 0.252 e. The zero-order valence-electron chi connectivity index (χ0n) is 16.1. The maximum absolute atomic E-state index is 12.1. The summed E-state index contributed by atoms with van der Waals surface area (Å²) in [5.41, 5.74) is 8.72. The summed E-state index contributed by atoms with van der Waals surface area (Å²) >= 11 is 0. The Morgan fingerprint density at radius 2 is 1.73 bits per heavy atom. The van der Waals surface area contributed by atoms with Crippen molar-refractivity contribution in [2.75, 3.05) is 27.7 Å². The van der Waals surface area contributed by atoms with Crippen LogP contribution in [0.2, 0.25) is 0 Å². The first-order chi connectivity index (χ1) is 12.4. The van der Waals surface area contributed by atoms with E-state index < -0.39 is 0 Å². The molecule has 7 heteroatoms. The molecule has 0 bridgehead atoms. The largest absolute Gasteiger partial charge is 0.385 e. The second kappa shape index (κ2) is 11.1. The molecule has 0 aliphatic carbocycles. The average molecular weight is 361 g/mol. The van der Waals surface area contributed by atoms with E-state index in [0.29, 0.717) is 30.8 Å². The lowest BCUT2D eigenvalue weighted by atomic mass is 10.0. The molecule has 1 aromatic carbocycles. The third-order valence-electron chi connectivity index (χ3n) is 4.24. The first kappa shape index (κ1) is 21.5. The highest BCUT2D eigenvalue weighted by atomic mass is 16.2. The molecule has 0 aliphatic heterocycles. The summed E-state index contributed by atoms with van der Waals surface area (Å²) in [5, 5.41) is 11.4. The van der Waals surface area contributed by atoms with Gasteiger partial charge in [0, 0.05) is 33.1 Å². The van der Waals surface area contributed by atoms with Gasteiger partial charge in [-0.15, -0.1) is 0 Å². The topological polar surface area (TPSA) is 108 Å². The lowest BCUT2D eigenvalue weighted by Crippen LogP contribution is -2.40. The molecule has 0 spiro atoms. The summed E-state index contributed by atoms with van der Waals surface area (Å²) in [5.74, 6) is -0.0175. The van der Waals surface area contributed by atoms with Crippen LogP contribution in [-0.4, -0.2) is 45.5 Å². The molecule has 7 nitrogen and oxygen atoms in total. The minimum Gasteiger partial charge on any atom is -0.385 e. The van der Waals surface area contributed by atoms with Crippen molar-refractivity contribution in [3.63, 3.8) is 0 Å². The number of amides is 2. The van der Waals surface area contributed by atoms with Crippen molar-refractivity contribution in [2.45, 2.75) is 32.2 Å².